The molecule has 1 saturated heterocycles. The van der Waals surface area contributed by atoms with E-state index in [2.05, 4.69) is 62.8 Å². The highest BCUT2D eigenvalue weighted by Crippen LogP contribution is 2.35. The number of aliphatic imine (C=N–C) groups is 1. The van der Waals surface area contributed by atoms with Crippen LogP contribution in [0, 0.1) is 0 Å². The number of carbonyl (C=O) groups excluding carboxylic acids is 2. The molecule has 0 spiro atoms. The van der Waals surface area contributed by atoms with Gasteiger partial charge in [0.1, 0.15) is 33.5 Å². The first kappa shape index (κ1) is 27.9. The van der Waals surface area contributed by atoms with Gasteiger partial charge in [0.2, 0.25) is 5.96 Å². The van der Waals surface area contributed by atoms with Crippen molar-refractivity contribution in [2.24, 2.45) is 4.99 Å². The Labute approximate surface area is 227 Å². The predicted octanol–water partition coefficient (Wildman–Crippen LogP) is 1.63. The monoisotopic (exact) mass is 584 g/mol. The maximum atomic E-state index is 13.1. The third kappa shape index (κ3) is 7.47. The molecule has 1 aliphatic heterocycles. The summed E-state index contributed by atoms with van der Waals surface area (Å²) in [5, 5.41) is 7.86. The zero-order valence-electron chi connectivity index (χ0n) is 19.9. The van der Waals surface area contributed by atoms with Crippen LogP contribution in [0.5, 0.6) is 0 Å². The second kappa shape index (κ2) is 12.2. The van der Waals surface area contributed by atoms with Crippen molar-refractivity contribution in [2.75, 3.05) is 23.7 Å². The van der Waals surface area contributed by atoms with Gasteiger partial charge in [0.05, 0.1) is 29.4 Å². The molecule has 4 heterocycles. The van der Waals surface area contributed by atoms with Crippen molar-refractivity contribution in [3.05, 3.63) is 57.0 Å². The molecule has 206 valence electrons. The molecule has 1 aliphatic rings. The quantitative estimate of drug-likeness (QED) is 0.181. The number of alkyl halides is 3. The van der Waals surface area contributed by atoms with Crippen molar-refractivity contribution in [1.82, 2.24) is 47.2 Å². The Hall–Kier alpha value is -4.13. The molecule has 0 aliphatic carbocycles. The van der Waals surface area contributed by atoms with E-state index < -0.39 is 34.6 Å². The van der Waals surface area contributed by atoms with Crippen molar-refractivity contribution in [3.8, 4) is 0 Å². The molecule has 7 N–H and O–H groups in total. The minimum absolute atomic E-state index is 0.0991. The number of guanidine groups is 1. The lowest BCUT2D eigenvalue weighted by molar-refractivity contribution is -0.137. The summed E-state index contributed by atoms with van der Waals surface area (Å²) in [7, 11) is 0. The van der Waals surface area contributed by atoms with Gasteiger partial charge in [0.15, 0.2) is 0 Å². The zero-order valence-corrected chi connectivity index (χ0v) is 21.4. The minimum Gasteiger partial charge on any atom is -0.368 e. The average molecular weight is 585 g/mol. The average Bonchev–Trinajstić information content (AvgIpc) is 3.60. The Morgan fingerprint density at radius 1 is 1.08 bits per heavy atom. The number of nitrogens with one attached hydrogen (secondary N) is 7. The van der Waals surface area contributed by atoms with Crippen molar-refractivity contribution >= 4 is 52.3 Å². The standard InChI is InChI=1S/C20H20ClF3N12O2S/c1-9(31-16(37)12-5-14(30-8-29-12)25-2-3-26-19-33-35-36-34-19)18-28-7-13(39-18)17(38)32-15-4-10(20(22,23)24)11(21)6-27-15/h4-9,35-36H,2-3H2,1H3,(H,31,37)(H,25,29,30)(H2,26,33,34)(H,27,32,38). The molecule has 0 saturated carbocycles. The first-order valence-corrected chi connectivity index (χ1v) is 12.2. The number of thiazole rings is 1. The molecule has 39 heavy (non-hydrogen) atoms. The summed E-state index contributed by atoms with van der Waals surface area (Å²) in [6.07, 6.45) is -1.42. The third-order valence-electron chi connectivity index (χ3n) is 4.88. The minimum atomic E-state index is -4.71. The second-order valence-electron chi connectivity index (χ2n) is 7.70. The van der Waals surface area contributed by atoms with Gasteiger partial charge in [-0.1, -0.05) is 11.6 Å². The molecule has 14 nitrogen and oxygen atoms in total. The van der Waals surface area contributed by atoms with Gasteiger partial charge in [-0.25, -0.2) is 24.9 Å². The van der Waals surface area contributed by atoms with Crippen LogP contribution in [-0.4, -0.2) is 50.8 Å². The molecule has 3 aromatic heterocycles. The maximum Gasteiger partial charge on any atom is 0.418 e. The number of pyridine rings is 1. The summed E-state index contributed by atoms with van der Waals surface area (Å²) in [4.78, 5) is 45.5. The predicted molar refractivity (Wildman–Crippen MR) is 136 cm³/mol. The fourth-order valence-electron chi connectivity index (χ4n) is 3.05. The van der Waals surface area contributed by atoms with Crippen LogP contribution in [0.2, 0.25) is 5.02 Å². The fourth-order valence-corrected chi connectivity index (χ4v) is 4.07. The fraction of sp³-hybridized carbons (Fsp3) is 0.250. The summed E-state index contributed by atoms with van der Waals surface area (Å²) in [5.41, 5.74) is 9.67. The number of hydrazine groups is 3. The Morgan fingerprint density at radius 3 is 2.59 bits per heavy atom. The van der Waals surface area contributed by atoms with Crippen LogP contribution < -0.4 is 37.9 Å². The molecule has 0 radical (unpaired) electrons. The highest BCUT2D eigenvalue weighted by Gasteiger charge is 2.34. The highest BCUT2D eigenvalue weighted by atomic mass is 35.5. The van der Waals surface area contributed by atoms with Crippen molar-refractivity contribution in [1.29, 1.82) is 0 Å². The lowest BCUT2D eigenvalue weighted by Crippen LogP contribution is -2.33. The SMILES string of the molecule is CC(NC(=O)c1cc(NCCN=C2NNNN2)ncn1)c1ncc(C(=O)Nc2cc(C(F)(F)F)c(Cl)cn2)s1. The topological polar surface area (TPSA) is 182 Å². The van der Waals surface area contributed by atoms with E-state index in [0.717, 1.165) is 17.5 Å². The second-order valence-corrected chi connectivity index (χ2v) is 9.17. The van der Waals surface area contributed by atoms with Crippen LogP contribution in [0.15, 0.2) is 35.8 Å². The van der Waals surface area contributed by atoms with Crippen LogP contribution in [0.4, 0.5) is 24.8 Å². The van der Waals surface area contributed by atoms with Gasteiger partial charge in [0.25, 0.3) is 11.8 Å². The molecule has 1 unspecified atom stereocenters. The van der Waals surface area contributed by atoms with Crippen LogP contribution >= 0.6 is 22.9 Å². The zero-order chi connectivity index (χ0) is 28.0. The first-order chi connectivity index (χ1) is 18.6. The molecular formula is C20H20ClF3N12O2S. The van der Waals surface area contributed by atoms with Gasteiger partial charge in [0, 0.05) is 18.8 Å². The van der Waals surface area contributed by atoms with Gasteiger partial charge >= 0.3 is 6.18 Å². The molecule has 3 aromatic rings. The summed E-state index contributed by atoms with van der Waals surface area (Å²) >= 11 is 6.51. The number of hydrogen-bond donors (Lipinski definition) is 7. The van der Waals surface area contributed by atoms with Gasteiger partial charge in [-0.15, -0.1) is 11.3 Å². The highest BCUT2D eigenvalue weighted by molar-refractivity contribution is 7.13. The lowest BCUT2D eigenvalue weighted by Gasteiger charge is -2.11. The van der Waals surface area contributed by atoms with Crippen molar-refractivity contribution in [3.63, 3.8) is 0 Å². The number of aromatic nitrogens is 4. The van der Waals surface area contributed by atoms with E-state index >= 15 is 0 Å². The smallest absolute Gasteiger partial charge is 0.368 e. The molecule has 2 amide bonds. The van der Waals surface area contributed by atoms with Gasteiger partial charge < -0.3 is 16.0 Å². The number of halogens is 4. The number of amides is 2. The van der Waals surface area contributed by atoms with E-state index in [4.69, 9.17) is 11.6 Å². The van der Waals surface area contributed by atoms with E-state index in [9.17, 15) is 22.8 Å². The van der Waals surface area contributed by atoms with E-state index in [1.54, 1.807) is 6.92 Å². The molecule has 1 fully saturated rings. The van der Waals surface area contributed by atoms with Crippen LogP contribution in [-0.2, 0) is 6.18 Å². The summed E-state index contributed by atoms with van der Waals surface area (Å²) in [6.45, 7) is 2.51. The number of rotatable bonds is 9. The molecular weight excluding hydrogens is 565 g/mol. The maximum absolute atomic E-state index is 13.1. The molecule has 4 rings (SSSR count). The largest absolute Gasteiger partial charge is 0.418 e. The Bertz CT molecular complexity index is 1380. The summed E-state index contributed by atoms with van der Waals surface area (Å²) < 4.78 is 39.2. The molecule has 0 aromatic carbocycles. The Kier molecular flexibility index (Phi) is 8.69. The number of anilines is 2. The van der Waals surface area contributed by atoms with E-state index in [1.165, 1.54) is 18.6 Å². The van der Waals surface area contributed by atoms with Crippen LogP contribution in [0.3, 0.4) is 0 Å². The lowest BCUT2D eigenvalue weighted by atomic mass is 10.2. The van der Waals surface area contributed by atoms with Gasteiger partial charge in [-0.2, -0.15) is 24.2 Å². The Morgan fingerprint density at radius 2 is 1.85 bits per heavy atom. The van der Waals surface area contributed by atoms with Gasteiger partial charge in [-0.05, 0) is 13.0 Å². The van der Waals surface area contributed by atoms with Gasteiger partial charge in [-0.3, -0.25) is 20.4 Å². The molecule has 1 atom stereocenters. The van der Waals surface area contributed by atoms with E-state index in [0.29, 0.717) is 35.9 Å². The first-order valence-electron chi connectivity index (χ1n) is 11.0. The summed E-state index contributed by atoms with van der Waals surface area (Å²) in [6, 6.07) is 1.51. The van der Waals surface area contributed by atoms with Crippen molar-refractivity contribution in [2.45, 2.75) is 19.1 Å². The van der Waals surface area contributed by atoms with E-state index in [-0.39, 0.29) is 16.4 Å². The van der Waals surface area contributed by atoms with Crippen LogP contribution in [0.25, 0.3) is 0 Å². The number of hydrogen-bond acceptors (Lipinski definition) is 11. The van der Waals surface area contributed by atoms with E-state index in [1.807, 2.05) is 0 Å². The van der Waals surface area contributed by atoms with Crippen molar-refractivity contribution < 1.29 is 22.8 Å². The van der Waals surface area contributed by atoms with Crippen LogP contribution in [0.1, 0.15) is 43.7 Å². The Balaban J connectivity index is 1.32. The molecule has 19 heteroatoms. The number of nitrogens with zero attached hydrogens (tertiary/aromatic N) is 5. The number of carbonyl (C=O) groups is 2. The molecule has 0 bridgehead atoms. The normalized spacial score (nSPS) is 13.7. The third-order valence-corrected chi connectivity index (χ3v) is 6.36. The summed E-state index contributed by atoms with van der Waals surface area (Å²) in [5.74, 6) is -0.604.